The molecule has 0 bridgehead atoms. The Morgan fingerprint density at radius 2 is 2.07 bits per heavy atom. The van der Waals surface area contributed by atoms with Crippen molar-refractivity contribution in [2.24, 2.45) is 0 Å². The van der Waals surface area contributed by atoms with E-state index in [4.69, 9.17) is 0 Å². The number of hydrogen-bond donors (Lipinski definition) is 1. The molecule has 0 spiro atoms. The molecule has 0 saturated carbocycles. The fourth-order valence-electron chi connectivity index (χ4n) is 3.68. The van der Waals surface area contributed by atoms with Gasteiger partial charge in [-0.05, 0) is 48.6 Å². The summed E-state index contributed by atoms with van der Waals surface area (Å²) in [5.41, 5.74) is 3.05. The van der Waals surface area contributed by atoms with Crippen LogP contribution in [0.4, 0.5) is 5.69 Å². The van der Waals surface area contributed by atoms with Gasteiger partial charge in [-0.2, -0.15) is 0 Å². The van der Waals surface area contributed by atoms with Crippen molar-refractivity contribution in [1.82, 2.24) is 9.55 Å². The van der Waals surface area contributed by atoms with Crippen molar-refractivity contribution in [3.05, 3.63) is 69.8 Å². The van der Waals surface area contributed by atoms with Crippen LogP contribution in [0.15, 0.2) is 47.3 Å². The summed E-state index contributed by atoms with van der Waals surface area (Å²) in [6.45, 7) is 5.01. The van der Waals surface area contributed by atoms with Gasteiger partial charge in [-0.15, -0.1) is 0 Å². The van der Waals surface area contributed by atoms with Crippen LogP contribution in [0, 0.1) is 0 Å². The summed E-state index contributed by atoms with van der Waals surface area (Å²) in [6.07, 6.45) is 2.75. The molecule has 5 heteroatoms. The summed E-state index contributed by atoms with van der Waals surface area (Å²) in [5.74, 6) is 0.990. The molecule has 1 aromatic heterocycles. The summed E-state index contributed by atoms with van der Waals surface area (Å²) in [4.78, 5) is 30.0. The highest BCUT2D eigenvalue weighted by Crippen LogP contribution is 2.27. The van der Waals surface area contributed by atoms with Crippen molar-refractivity contribution in [3.63, 3.8) is 0 Å². The molecule has 27 heavy (non-hydrogen) atoms. The molecule has 5 nitrogen and oxygen atoms in total. The van der Waals surface area contributed by atoms with Gasteiger partial charge in [-0.3, -0.25) is 14.2 Å². The Morgan fingerprint density at radius 1 is 1.26 bits per heavy atom. The lowest BCUT2D eigenvalue weighted by atomic mass is 9.96. The Labute approximate surface area is 158 Å². The monoisotopic (exact) mass is 361 g/mol. The van der Waals surface area contributed by atoms with E-state index in [1.54, 1.807) is 22.8 Å². The SMILES string of the molecule is CC[C@H](C)c1ccccc1NC(=O)c1ccc2c(=O)n3c(nc2c1)CCC3. The second kappa shape index (κ2) is 6.99. The predicted molar refractivity (Wildman–Crippen MR) is 107 cm³/mol. The molecule has 1 N–H and O–H groups in total. The van der Waals surface area contributed by atoms with Crippen molar-refractivity contribution in [3.8, 4) is 0 Å². The second-order valence-electron chi connectivity index (χ2n) is 7.17. The number of hydrogen-bond acceptors (Lipinski definition) is 3. The molecule has 3 aromatic rings. The summed E-state index contributed by atoms with van der Waals surface area (Å²) in [5, 5.41) is 3.59. The smallest absolute Gasteiger partial charge is 0.261 e. The zero-order valence-corrected chi connectivity index (χ0v) is 15.7. The van der Waals surface area contributed by atoms with Gasteiger partial charge in [-0.25, -0.2) is 4.98 Å². The molecule has 0 unspecified atom stereocenters. The first kappa shape index (κ1) is 17.5. The Kier molecular flexibility index (Phi) is 4.52. The topological polar surface area (TPSA) is 64.0 Å². The van der Waals surface area contributed by atoms with Gasteiger partial charge in [0.15, 0.2) is 0 Å². The lowest BCUT2D eigenvalue weighted by Gasteiger charge is -2.15. The van der Waals surface area contributed by atoms with Gasteiger partial charge in [0.25, 0.3) is 11.5 Å². The number of aryl methyl sites for hydroxylation is 1. The maximum absolute atomic E-state index is 12.8. The number of nitrogens with one attached hydrogen (secondary N) is 1. The number of rotatable bonds is 4. The number of benzene rings is 2. The van der Waals surface area contributed by atoms with E-state index in [9.17, 15) is 9.59 Å². The molecule has 0 fully saturated rings. The van der Waals surface area contributed by atoms with Crippen LogP contribution in [0.25, 0.3) is 10.9 Å². The van der Waals surface area contributed by atoms with Crippen LogP contribution in [-0.4, -0.2) is 15.5 Å². The molecule has 138 valence electrons. The standard InChI is InChI=1S/C22H23N3O2/c1-3-14(2)16-7-4-5-8-18(16)24-21(26)15-10-11-17-19(13-15)23-20-9-6-12-25(20)22(17)27/h4-5,7-8,10-11,13-14H,3,6,9,12H2,1-2H3,(H,24,26)/t14-/m0/s1. The highest BCUT2D eigenvalue weighted by molar-refractivity contribution is 6.06. The lowest BCUT2D eigenvalue weighted by molar-refractivity contribution is 0.102. The molecule has 0 saturated heterocycles. The maximum Gasteiger partial charge on any atom is 0.261 e. The number of fused-ring (bicyclic) bond motifs is 2. The Bertz CT molecular complexity index is 1080. The fourth-order valence-corrected chi connectivity index (χ4v) is 3.68. The first-order chi connectivity index (χ1) is 13.1. The van der Waals surface area contributed by atoms with Gasteiger partial charge in [0.2, 0.25) is 0 Å². The minimum absolute atomic E-state index is 0.0124. The number of carbonyl (C=O) groups is 1. The van der Waals surface area contributed by atoms with Crippen LogP contribution in [0.5, 0.6) is 0 Å². The zero-order valence-electron chi connectivity index (χ0n) is 15.7. The van der Waals surface area contributed by atoms with Crippen molar-refractivity contribution >= 4 is 22.5 Å². The number of anilines is 1. The maximum atomic E-state index is 12.8. The summed E-state index contributed by atoms with van der Waals surface area (Å²) in [7, 11) is 0. The van der Waals surface area contributed by atoms with Gasteiger partial charge in [-0.1, -0.05) is 32.0 Å². The minimum atomic E-state index is -0.185. The van der Waals surface area contributed by atoms with Crippen LogP contribution in [0.1, 0.15) is 54.4 Å². The van der Waals surface area contributed by atoms with E-state index in [0.29, 0.717) is 22.4 Å². The van der Waals surface area contributed by atoms with E-state index in [1.807, 2.05) is 18.2 Å². The lowest BCUT2D eigenvalue weighted by Crippen LogP contribution is -2.21. The fraction of sp³-hybridized carbons (Fsp3) is 0.318. The van der Waals surface area contributed by atoms with Crippen LogP contribution >= 0.6 is 0 Å². The van der Waals surface area contributed by atoms with Crippen molar-refractivity contribution in [1.29, 1.82) is 0 Å². The van der Waals surface area contributed by atoms with E-state index in [2.05, 4.69) is 30.2 Å². The summed E-state index contributed by atoms with van der Waals surface area (Å²) in [6, 6.07) is 13.0. The van der Waals surface area contributed by atoms with E-state index in [0.717, 1.165) is 42.9 Å². The number of nitrogens with zero attached hydrogens (tertiary/aromatic N) is 2. The molecule has 1 amide bonds. The molecule has 0 radical (unpaired) electrons. The predicted octanol–water partition coefficient (Wildman–Crippen LogP) is 4.11. The summed E-state index contributed by atoms with van der Waals surface area (Å²) < 4.78 is 1.74. The summed E-state index contributed by atoms with van der Waals surface area (Å²) >= 11 is 0. The minimum Gasteiger partial charge on any atom is -0.322 e. The zero-order chi connectivity index (χ0) is 19.0. The van der Waals surface area contributed by atoms with Gasteiger partial charge in [0.1, 0.15) is 5.82 Å². The number of amides is 1. The van der Waals surface area contributed by atoms with Crippen LogP contribution in [0.2, 0.25) is 0 Å². The van der Waals surface area contributed by atoms with Crippen LogP contribution in [-0.2, 0) is 13.0 Å². The highest BCUT2D eigenvalue weighted by Gasteiger charge is 2.18. The van der Waals surface area contributed by atoms with Gasteiger partial charge in [0, 0.05) is 24.2 Å². The second-order valence-corrected chi connectivity index (χ2v) is 7.17. The van der Waals surface area contributed by atoms with E-state index in [-0.39, 0.29) is 11.5 Å². The van der Waals surface area contributed by atoms with Crippen LogP contribution < -0.4 is 10.9 Å². The Balaban J connectivity index is 1.68. The van der Waals surface area contributed by atoms with Crippen LogP contribution in [0.3, 0.4) is 0 Å². The first-order valence-corrected chi connectivity index (χ1v) is 9.52. The molecule has 0 aliphatic carbocycles. The van der Waals surface area contributed by atoms with E-state index in [1.165, 1.54) is 0 Å². The molecular formula is C22H23N3O2. The normalized spacial score (nSPS) is 14.1. The van der Waals surface area contributed by atoms with Crippen molar-refractivity contribution in [2.45, 2.75) is 45.6 Å². The van der Waals surface area contributed by atoms with E-state index < -0.39 is 0 Å². The largest absolute Gasteiger partial charge is 0.322 e. The molecule has 1 aliphatic rings. The molecule has 2 heterocycles. The molecular weight excluding hydrogens is 338 g/mol. The van der Waals surface area contributed by atoms with Crippen molar-refractivity contribution < 1.29 is 4.79 Å². The average molecular weight is 361 g/mol. The third kappa shape index (κ3) is 3.14. The third-order valence-electron chi connectivity index (χ3n) is 5.43. The number of para-hydroxylation sites is 1. The van der Waals surface area contributed by atoms with Gasteiger partial charge >= 0.3 is 0 Å². The van der Waals surface area contributed by atoms with Gasteiger partial charge in [0.05, 0.1) is 10.9 Å². The molecule has 1 aliphatic heterocycles. The Hall–Kier alpha value is -2.95. The molecule has 2 aromatic carbocycles. The van der Waals surface area contributed by atoms with Gasteiger partial charge < -0.3 is 5.32 Å². The number of aromatic nitrogens is 2. The average Bonchev–Trinajstić information content (AvgIpc) is 3.16. The first-order valence-electron chi connectivity index (χ1n) is 9.52. The Morgan fingerprint density at radius 3 is 2.89 bits per heavy atom. The van der Waals surface area contributed by atoms with E-state index >= 15 is 0 Å². The molecule has 4 rings (SSSR count). The quantitative estimate of drug-likeness (QED) is 0.761. The third-order valence-corrected chi connectivity index (χ3v) is 5.43. The highest BCUT2D eigenvalue weighted by atomic mass is 16.1. The number of carbonyl (C=O) groups excluding carboxylic acids is 1. The molecule has 1 atom stereocenters. The van der Waals surface area contributed by atoms with Crippen molar-refractivity contribution in [2.75, 3.05) is 5.32 Å².